The van der Waals surface area contributed by atoms with E-state index in [-0.39, 0.29) is 0 Å². The smallest absolute Gasteiger partial charge is 0.162 e. The Morgan fingerprint density at radius 2 is 2.10 bits per heavy atom. The van der Waals surface area contributed by atoms with Crippen molar-refractivity contribution in [1.82, 2.24) is 9.78 Å². The zero-order chi connectivity index (χ0) is 15.5. The van der Waals surface area contributed by atoms with Crippen LogP contribution in [0.2, 0.25) is 0 Å². The summed E-state index contributed by atoms with van der Waals surface area (Å²) in [5, 5.41) is 15.4. The third-order valence-corrected chi connectivity index (χ3v) is 4.78. The molecule has 1 aromatic rings. The van der Waals surface area contributed by atoms with Crippen LogP contribution in [-0.4, -0.2) is 34.7 Å². The van der Waals surface area contributed by atoms with Gasteiger partial charge in [0.05, 0.1) is 18.9 Å². The van der Waals surface area contributed by atoms with Crippen molar-refractivity contribution in [3.8, 4) is 5.75 Å². The molecule has 1 atom stereocenters. The molecule has 0 aliphatic heterocycles. The van der Waals surface area contributed by atoms with E-state index in [1.807, 2.05) is 4.68 Å². The Morgan fingerprint density at radius 1 is 1.43 bits per heavy atom. The maximum absolute atomic E-state index is 11.0. The predicted molar refractivity (Wildman–Crippen MR) is 81.4 cm³/mol. The summed E-state index contributed by atoms with van der Waals surface area (Å²) in [6.07, 6.45) is 5.83. The Morgan fingerprint density at radius 3 is 2.62 bits per heavy atom. The van der Waals surface area contributed by atoms with Gasteiger partial charge < -0.3 is 14.6 Å². The van der Waals surface area contributed by atoms with Crippen LogP contribution < -0.4 is 4.74 Å². The summed E-state index contributed by atoms with van der Waals surface area (Å²) < 4.78 is 13.0. The number of aliphatic hydroxyl groups is 1. The van der Waals surface area contributed by atoms with Crippen LogP contribution in [0.3, 0.4) is 0 Å². The molecule has 0 radical (unpaired) electrons. The van der Waals surface area contributed by atoms with E-state index in [4.69, 9.17) is 9.47 Å². The molecule has 21 heavy (non-hydrogen) atoms. The van der Waals surface area contributed by atoms with Gasteiger partial charge in [0.2, 0.25) is 0 Å². The van der Waals surface area contributed by atoms with Crippen molar-refractivity contribution in [3.63, 3.8) is 0 Å². The van der Waals surface area contributed by atoms with Crippen molar-refractivity contribution >= 4 is 0 Å². The Bertz CT molecular complexity index is 450. The van der Waals surface area contributed by atoms with Crippen LogP contribution in [0.25, 0.3) is 0 Å². The Kier molecular flexibility index (Phi) is 5.27. The number of aromatic nitrogens is 2. The molecule has 1 N–H and O–H groups in total. The molecule has 0 aromatic carbocycles. The molecule has 1 aliphatic rings. The van der Waals surface area contributed by atoms with Crippen molar-refractivity contribution in [1.29, 1.82) is 0 Å². The zero-order valence-corrected chi connectivity index (χ0v) is 13.6. The minimum atomic E-state index is -0.709. The summed E-state index contributed by atoms with van der Waals surface area (Å²) in [7, 11) is 3.32. The fourth-order valence-corrected chi connectivity index (χ4v) is 3.29. The average Bonchev–Trinajstić information content (AvgIpc) is 2.91. The highest BCUT2D eigenvalue weighted by molar-refractivity contribution is 5.29. The molecule has 0 spiro atoms. The van der Waals surface area contributed by atoms with Gasteiger partial charge in [-0.05, 0) is 38.0 Å². The van der Waals surface area contributed by atoms with E-state index in [1.54, 1.807) is 20.4 Å². The molecule has 0 bridgehead atoms. The van der Waals surface area contributed by atoms with Crippen LogP contribution >= 0.6 is 0 Å². The Labute approximate surface area is 127 Å². The molecular formula is C16H28N2O3. The minimum absolute atomic E-state index is 0.523. The van der Waals surface area contributed by atoms with Crippen LogP contribution in [0.4, 0.5) is 0 Å². The number of ether oxygens (including phenoxy) is 2. The second kappa shape index (κ2) is 6.79. The van der Waals surface area contributed by atoms with Crippen molar-refractivity contribution < 1.29 is 14.6 Å². The lowest BCUT2D eigenvalue weighted by Gasteiger charge is -2.41. The molecule has 1 heterocycles. The second-order valence-corrected chi connectivity index (χ2v) is 6.18. The van der Waals surface area contributed by atoms with E-state index in [1.165, 1.54) is 0 Å². The van der Waals surface area contributed by atoms with Gasteiger partial charge in [0, 0.05) is 13.7 Å². The van der Waals surface area contributed by atoms with Gasteiger partial charge in [0.1, 0.15) is 11.8 Å². The first-order chi connectivity index (χ1) is 10.1. The molecule has 0 saturated heterocycles. The standard InChI is InChI=1S/C16H28N2O3/c1-5-10-18-14(13(20-3)11-17-18)15(19)16(21-4)8-6-12(2)7-9-16/h11-12,15,19H,5-10H2,1-4H3. The molecular weight excluding hydrogens is 268 g/mol. The highest BCUT2D eigenvalue weighted by Crippen LogP contribution is 2.44. The normalized spacial score (nSPS) is 27.6. The largest absolute Gasteiger partial charge is 0.493 e. The molecule has 1 aromatic heterocycles. The van der Waals surface area contributed by atoms with Crippen molar-refractivity contribution in [2.45, 2.75) is 64.2 Å². The van der Waals surface area contributed by atoms with Gasteiger partial charge in [0.15, 0.2) is 5.75 Å². The highest BCUT2D eigenvalue weighted by atomic mass is 16.5. The average molecular weight is 296 g/mol. The van der Waals surface area contributed by atoms with Crippen molar-refractivity contribution in [3.05, 3.63) is 11.9 Å². The summed E-state index contributed by atoms with van der Waals surface area (Å²) in [6, 6.07) is 0. The second-order valence-electron chi connectivity index (χ2n) is 6.18. The zero-order valence-electron chi connectivity index (χ0n) is 13.6. The van der Waals surface area contributed by atoms with Crippen LogP contribution in [0.1, 0.15) is 57.7 Å². The van der Waals surface area contributed by atoms with E-state index >= 15 is 0 Å². The molecule has 120 valence electrons. The molecule has 2 rings (SSSR count). The summed E-state index contributed by atoms with van der Waals surface area (Å²) in [5.41, 5.74) is 0.224. The van der Waals surface area contributed by atoms with Crippen molar-refractivity contribution in [2.75, 3.05) is 14.2 Å². The lowest BCUT2D eigenvalue weighted by molar-refractivity contribution is -0.133. The fourth-order valence-electron chi connectivity index (χ4n) is 3.29. The summed E-state index contributed by atoms with van der Waals surface area (Å²) >= 11 is 0. The summed E-state index contributed by atoms with van der Waals surface area (Å²) in [6.45, 7) is 5.12. The minimum Gasteiger partial charge on any atom is -0.493 e. The van der Waals surface area contributed by atoms with E-state index in [9.17, 15) is 5.11 Å². The number of rotatable bonds is 6. The third kappa shape index (κ3) is 3.09. The van der Waals surface area contributed by atoms with Gasteiger partial charge in [-0.15, -0.1) is 0 Å². The maximum Gasteiger partial charge on any atom is 0.162 e. The summed E-state index contributed by atoms with van der Waals surface area (Å²) in [4.78, 5) is 0. The molecule has 1 fully saturated rings. The van der Waals surface area contributed by atoms with Crippen LogP contribution in [0.5, 0.6) is 5.75 Å². The summed E-state index contributed by atoms with van der Waals surface area (Å²) in [5.74, 6) is 1.34. The van der Waals surface area contributed by atoms with Gasteiger partial charge >= 0.3 is 0 Å². The third-order valence-electron chi connectivity index (χ3n) is 4.78. The molecule has 0 amide bonds. The first kappa shape index (κ1) is 16.3. The lowest BCUT2D eigenvalue weighted by Crippen LogP contribution is -2.42. The van der Waals surface area contributed by atoms with Gasteiger partial charge in [-0.2, -0.15) is 5.10 Å². The number of hydrogen-bond donors (Lipinski definition) is 1. The van der Waals surface area contributed by atoms with Gasteiger partial charge in [-0.25, -0.2) is 0 Å². The molecule has 5 nitrogen and oxygen atoms in total. The lowest BCUT2D eigenvalue weighted by atomic mass is 9.75. The monoisotopic (exact) mass is 296 g/mol. The predicted octanol–water partition coefficient (Wildman–Crippen LogP) is 2.93. The van der Waals surface area contributed by atoms with E-state index in [0.717, 1.165) is 44.3 Å². The van der Waals surface area contributed by atoms with Crippen molar-refractivity contribution in [2.24, 2.45) is 5.92 Å². The van der Waals surface area contributed by atoms with E-state index < -0.39 is 11.7 Å². The number of hydrogen-bond acceptors (Lipinski definition) is 4. The molecule has 5 heteroatoms. The molecule has 1 aliphatic carbocycles. The van der Waals surface area contributed by atoms with Crippen LogP contribution in [0.15, 0.2) is 6.20 Å². The maximum atomic E-state index is 11.0. The number of aryl methyl sites for hydroxylation is 1. The van der Waals surface area contributed by atoms with E-state index in [0.29, 0.717) is 11.7 Å². The first-order valence-corrected chi connectivity index (χ1v) is 7.91. The van der Waals surface area contributed by atoms with Gasteiger partial charge in [-0.1, -0.05) is 13.8 Å². The first-order valence-electron chi connectivity index (χ1n) is 7.91. The molecule has 1 unspecified atom stereocenters. The van der Waals surface area contributed by atoms with Gasteiger partial charge in [-0.3, -0.25) is 4.68 Å². The highest BCUT2D eigenvalue weighted by Gasteiger charge is 2.44. The van der Waals surface area contributed by atoms with E-state index in [2.05, 4.69) is 18.9 Å². The SMILES string of the molecule is CCCn1ncc(OC)c1C(O)C1(OC)CCC(C)CC1. The van der Waals surface area contributed by atoms with Crippen LogP contribution in [-0.2, 0) is 11.3 Å². The Hall–Kier alpha value is -1.07. The number of methoxy groups -OCH3 is 2. The number of aliphatic hydroxyl groups excluding tert-OH is 1. The van der Waals surface area contributed by atoms with Gasteiger partial charge in [0.25, 0.3) is 0 Å². The quantitative estimate of drug-likeness (QED) is 0.877. The van der Waals surface area contributed by atoms with Crippen LogP contribution in [0, 0.1) is 5.92 Å². The molecule has 1 saturated carbocycles. The topological polar surface area (TPSA) is 56.5 Å². The Balaban J connectivity index is 2.32. The number of nitrogens with zero attached hydrogens (tertiary/aromatic N) is 2. The fraction of sp³-hybridized carbons (Fsp3) is 0.812.